The number of rotatable bonds is 3. The minimum absolute atomic E-state index is 0.161. The third-order valence-corrected chi connectivity index (χ3v) is 4.33. The summed E-state index contributed by atoms with van der Waals surface area (Å²) >= 11 is 0. The van der Waals surface area contributed by atoms with Crippen molar-refractivity contribution in [2.24, 2.45) is 0 Å². The van der Waals surface area contributed by atoms with E-state index in [-0.39, 0.29) is 6.04 Å². The Morgan fingerprint density at radius 3 is 3.00 bits per heavy atom. The Morgan fingerprint density at radius 1 is 1.39 bits per heavy atom. The lowest BCUT2D eigenvalue weighted by molar-refractivity contribution is 0.505. The molecule has 0 saturated carbocycles. The van der Waals surface area contributed by atoms with Gasteiger partial charge in [0.15, 0.2) is 5.82 Å². The molecule has 18 heavy (non-hydrogen) atoms. The normalized spacial score (nSPS) is 21.5. The van der Waals surface area contributed by atoms with E-state index in [1.54, 1.807) is 0 Å². The molecule has 0 aliphatic carbocycles. The zero-order chi connectivity index (χ0) is 13.0. The zero-order valence-electron chi connectivity index (χ0n) is 9.89. The van der Waals surface area contributed by atoms with Crippen LogP contribution in [0.3, 0.4) is 0 Å². The summed E-state index contributed by atoms with van der Waals surface area (Å²) in [6.07, 6.45) is 3.62. The first-order valence-corrected chi connectivity index (χ1v) is 7.41. The molecule has 1 aromatic heterocycles. The van der Waals surface area contributed by atoms with Gasteiger partial charge in [-0.15, -0.1) is 0 Å². The summed E-state index contributed by atoms with van der Waals surface area (Å²) in [5.74, 6) is -0.822. The topological polar surface area (TPSA) is 71.1 Å². The molecule has 5 nitrogen and oxygen atoms in total. The van der Waals surface area contributed by atoms with Gasteiger partial charge in [0.2, 0.25) is 5.03 Å². The van der Waals surface area contributed by atoms with Crippen LogP contribution in [0.15, 0.2) is 23.4 Å². The summed E-state index contributed by atoms with van der Waals surface area (Å²) in [7, 11) is -3.87. The third kappa shape index (κ3) is 3.24. The van der Waals surface area contributed by atoms with Crippen LogP contribution in [0.5, 0.6) is 0 Å². The first-order valence-electron chi connectivity index (χ1n) is 5.93. The molecule has 1 saturated heterocycles. The molecule has 1 aromatic rings. The largest absolute Gasteiger partial charge is 0.317 e. The second kappa shape index (κ2) is 5.73. The maximum atomic E-state index is 13.4. The van der Waals surface area contributed by atoms with Crippen LogP contribution in [-0.2, 0) is 10.0 Å². The van der Waals surface area contributed by atoms with Gasteiger partial charge in [0.25, 0.3) is 10.0 Å². The average Bonchev–Trinajstić information content (AvgIpc) is 2.57. The van der Waals surface area contributed by atoms with E-state index in [1.165, 1.54) is 12.3 Å². The van der Waals surface area contributed by atoms with Crippen molar-refractivity contribution in [2.45, 2.75) is 30.3 Å². The van der Waals surface area contributed by atoms with E-state index in [4.69, 9.17) is 0 Å². The van der Waals surface area contributed by atoms with Crippen molar-refractivity contribution in [1.82, 2.24) is 15.0 Å². The second-order valence-corrected chi connectivity index (χ2v) is 5.92. The number of aromatic nitrogens is 1. The summed E-state index contributed by atoms with van der Waals surface area (Å²) in [5.41, 5.74) is 0. The number of nitrogens with one attached hydrogen (secondary N) is 2. The fourth-order valence-electron chi connectivity index (χ4n) is 1.98. The molecule has 0 radical (unpaired) electrons. The Hall–Kier alpha value is -1.05. The predicted molar refractivity (Wildman–Crippen MR) is 65.0 cm³/mol. The molecule has 2 heterocycles. The van der Waals surface area contributed by atoms with Crippen LogP contribution >= 0.6 is 0 Å². The standard InChI is InChI=1S/C11H16FN3O2S/c12-10-4-2-7-14-11(10)18(16,17)15-9-3-1-6-13-8-5-9/h2,4,7,9,13,15H,1,3,5-6,8H2. The van der Waals surface area contributed by atoms with Crippen molar-refractivity contribution in [1.29, 1.82) is 0 Å². The molecule has 1 aliphatic heterocycles. The Bertz CT molecular complexity index is 499. The van der Waals surface area contributed by atoms with Gasteiger partial charge in [0, 0.05) is 12.2 Å². The molecule has 7 heteroatoms. The molecular formula is C11H16FN3O2S. The smallest absolute Gasteiger partial charge is 0.261 e. The van der Waals surface area contributed by atoms with E-state index >= 15 is 0 Å². The van der Waals surface area contributed by atoms with Crippen molar-refractivity contribution in [2.75, 3.05) is 13.1 Å². The highest BCUT2D eigenvalue weighted by Crippen LogP contribution is 2.13. The van der Waals surface area contributed by atoms with Crippen molar-refractivity contribution in [3.8, 4) is 0 Å². The predicted octanol–water partition coefficient (Wildman–Crippen LogP) is 0.641. The number of nitrogens with zero attached hydrogens (tertiary/aromatic N) is 1. The molecular weight excluding hydrogens is 257 g/mol. The van der Waals surface area contributed by atoms with Gasteiger partial charge in [-0.3, -0.25) is 0 Å². The quantitative estimate of drug-likeness (QED) is 0.848. The third-order valence-electron chi connectivity index (χ3n) is 2.88. The minimum Gasteiger partial charge on any atom is -0.317 e. The molecule has 2 N–H and O–H groups in total. The van der Waals surface area contributed by atoms with Gasteiger partial charge < -0.3 is 5.32 Å². The second-order valence-electron chi connectivity index (χ2n) is 4.29. The Morgan fingerprint density at radius 2 is 2.22 bits per heavy atom. The van der Waals surface area contributed by atoms with E-state index in [9.17, 15) is 12.8 Å². The molecule has 0 aromatic carbocycles. The van der Waals surface area contributed by atoms with Gasteiger partial charge >= 0.3 is 0 Å². The zero-order valence-corrected chi connectivity index (χ0v) is 10.7. The van der Waals surface area contributed by atoms with Gasteiger partial charge in [-0.1, -0.05) is 0 Å². The summed E-state index contributed by atoms with van der Waals surface area (Å²) in [6, 6.07) is 2.30. The highest BCUT2D eigenvalue weighted by molar-refractivity contribution is 7.89. The lowest BCUT2D eigenvalue weighted by atomic mass is 10.1. The first-order chi connectivity index (χ1) is 8.59. The van der Waals surface area contributed by atoms with Gasteiger partial charge in [-0.2, -0.15) is 0 Å². The van der Waals surface area contributed by atoms with E-state index < -0.39 is 20.9 Å². The highest BCUT2D eigenvalue weighted by atomic mass is 32.2. The summed E-state index contributed by atoms with van der Waals surface area (Å²) in [6.45, 7) is 1.65. The molecule has 1 fully saturated rings. The maximum absolute atomic E-state index is 13.4. The number of pyridine rings is 1. The Labute approximate surface area is 106 Å². The average molecular weight is 273 g/mol. The summed E-state index contributed by atoms with van der Waals surface area (Å²) in [5, 5.41) is 2.66. The van der Waals surface area contributed by atoms with Crippen LogP contribution in [-0.4, -0.2) is 32.5 Å². The van der Waals surface area contributed by atoms with Crippen LogP contribution < -0.4 is 10.0 Å². The maximum Gasteiger partial charge on any atom is 0.261 e. The van der Waals surface area contributed by atoms with Gasteiger partial charge in [0.05, 0.1) is 0 Å². The molecule has 2 rings (SSSR count). The lowest BCUT2D eigenvalue weighted by Crippen LogP contribution is -2.36. The number of hydrogen-bond acceptors (Lipinski definition) is 4. The fraction of sp³-hybridized carbons (Fsp3) is 0.545. The molecule has 0 spiro atoms. The number of sulfonamides is 1. The Kier molecular flexibility index (Phi) is 4.26. The fourth-order valence-corrected chi connectivity index (χ4v) is 3.29. The molecule has 0 amide bonds. The molecule has 100 valence electrons. The SMILES string of the molecule is O=S(=O)(NC1CCCNCC1)c1ncccc1F. The van der Waals surface area contributed by atoms with Gasteiger partial charge in [-0.05, 0) is 44.5 Å². The van der Waals surface area contributed by atoms with Crippen molar-refractivity contribution in [3.05, 3.63) is 24.1 Å². The van der Waals surface area contributed by atoms with Crippen LogP contribution in [0.2, 0.25) is 0 Å². The minimum atomic E-state index is -3.87. The molecule has 0 bridgehead atoms. The monoisotopic (exact) mass is 273 g/mol. The molecule has 1 aliphatic rings. The summed E-state index contributed by atoms with van der Waals surface area (Å²) in [4.78, 5) is 3.60. The van der Waals surface area contributed by atoms with Crippen molar-refractivity contribution >= 4 is 10.0 Å². The van der Waals surface area contributed by atoms with E-state index in [2.05, 4.69) is 15.0 Å². The number of hydrogen-bond donors (Lipinski definition) is 2. The van der Waals surface area contributed by atoms with E-state index in [0.29, 0.717) is 6.42 Å². The highest BCUT2D eigenvalue weighted by Gasteiger charge is 2.24. The van der Waals surface area contributed by atoms with Crippen LogP contribution in [0.1, 0.15) is 19.3 Å². The van der Waals surface area contributed by atoms with E-state index in [0.717, 1.165) is 32.0 Å². The molecule has 1 unspecified atom stereocenters. The van der Waals surface area contributed by atoms with E-state index in [1.807, 2.05) is 0 Å². The number of halogens is 1. The summed E-state index contributed by atoms with van der Waals surface area (Å²) < 4.78 is 39.9. The van der Waals surface area contributed by atoms with Gasteiger partial charge in [-0.25, -0.2) is 22.5 Å². The van der Waals surface area contributed by atoms with Crippen LogP contribution in [0.4, 0.5) is 4.39 Å². The molecule has 1 atom stereocenters. The lowest BCUT2D eigenvalue weighted by Gasteiger charge is -2.15. The van der Waals surface area contributed by atoms with Crippen LogP contribution in [0.25, 0.3) is 0 Å². The first kappa shape index (κ1) is 13.4. The van der Waals surface area contributed by atoms with Crippen molar-refractivity contribution in [3.63, 3.8) is 0 Å². The Balaban J connectivity index is 2.14. The van der Waals surface area contributed by atoms with Crippen LogP contribution in [0, 0.1) is 5.82 Å². The van der Waals surface area contributed by atoms with Crippen molar-refractivity contribution < 1.29 is 12.8 Å². The van der Waals surface area contributed by atoms with Gasteiger partial charge in [0.1, 0.15) is 0 Å².